The summed E-state index contributed by atoms with van der Waals surface area (Å²) in [7, 11) is -3.36. The Morgan fingerprint density at radius 3 is 2.55 bits per heavy atom. The number of hydrogen-bond donors (Lipinski definition) is 4. The van der Waals surface area contributed by atoms with Gasteiger partial charge in [0.05, 0.1) is 19.4 Å². The Morgan fingerprint density at radius 2 is 2.10 bits per heavy atom. The van der Waals surface area contributed by atoms with Gasteiger partial charge in [-0.3, -0.25) is 9.89 Å². The van der Waals surface area contributed by atoms with Crippen LogP contribution >= 0.6 is 0 Å². The summed E-state index contributed by atoms with van der Waals surface area (Å²) in [4.78, 5) is 21.6. The van der Waals surface area contributed by atoms with Crippen molar-refractivity contribution in [1.29, 1.82) is 0 Å². The molecule has 112 valence electrons. The fourth-order valence-electron chi connectivity index (χ4n) is 1.44. The van der Waals surface area contributed by atoms with Crippen molar-refractivity contribution in [1.82, 2.24) is 14.9 Å². The zero-order chi connectivity index (χ0) is 15.5. The molecule has 1 unspecified atom stereocenters. The number of aliphatic hydroxyl groups is 1. The number of aromatic carboxylic acids is 1. The van der Waals surface area contributed by atoms with Gasteiger partial charge in [0, 0.05) is 0 Å². The van der Waals surface area contributed by atoms with Gasteiger partial charge in [-0.15, -0.1) is 0 Å². The van der Waals surface area contributed by atoms with Crippen molar-refractivity contribution < 1.29 is 33.0 Å². The summed E-state index contributed by atoms with van der Waals surface area (Å²) >= 11 is 0. The summed E-state index contributed by atoms with van der Waals surface area (Å²) in [6.45, 7) is 0.464. The van der Waals surface area contributed by atoms with Crippen molar-refractivity contribution in [2.24, 2.45) is 0 Å². The number of carboxylic acid groups (broad SMARTS) is 1. The number of sulfonamides is 1. The molecule has 0 saturated carbocycles. The quantitative estimate of drug-likeness (QED) is 0.449. The van der Waals surface area contributed by atoms with Gasteiger partial charge in [-0.25, -0.2) is 13.2 Å². The SMILES string of the molecule is COC(=O)C(CO)NS(=O)(=O)c1c(C(=O)O)n[nH]c1C. The highest BCUT2D eigenvalue weighted by atomic mass is 32.2. The molecule has 1 aromatic heterocycles. The Labute approximate surface area is 113 Å². The first-order valence-corrected chi connectivity index (χ1v) is 6.72. The smallest absolute Gasteiger partial charge is 0.357 e. The van der Waals surface area contributed by atoms with Crippen LogP contribution in [0, 0.1) is 6.92 Å². The van der Waals surface area contributed by atoms with Gasteiger partial charge in [0.2, 0.25) is 10.0 Å². The van der Waals surface area contributed by atoms with Gasteiger partial charge >= 0.3 is 11.9 Å². The lowest BCUT2D eigenvalue weighted by molar-refractivity contribution is -0.143. The standard InChI is InChI=1S/C9H13N3O7S/c1-4-7(6(8(14)15)11-10-4)20(17,18)12-5(3-13)9(16)19-2/h5,12-13H,3H2,1-2H3,(H,10,11)(H,14,15). The predicted octanol–water partition coefficient (Wildman–Crippen LogP) is -1.77. The van der Waals surface area contributed by atoms with Gasteiger partial charge in [0.1, 0.15) is 10.9 Å². The largest absolute Gasteiger partial charge is 0.476 e. The van der Waals surface area contributed by atoms with E-state index in [1.807, 2.05) is 4.72 Å². The number of aromatic amines is 1. The first-order valence-electron chi connectivity index (χ1n) is 5.23. The highest BCUT2D eigenvalue weighted by Crippen LogP contribution is 2.17. The average molecular weight is 307 g/mol. The van der Waals surface area contributed by atoms with E-state index in [-0.39, 0.29) is 5.69 Å². The lowest BCUT2D eigenvalue weighted by Gasteiger charge is -2.14. The molecule has 0 fully saturated rings. The van der Waals surface area contributed by atoms with Crippen LogP contribution < -0.4 is 4.72 Å². The average Bonchev–Trinajstić information content (AvgIpc) is 2.78. The minimum Gasteiger partial charge on any atom is -0.476 e. The number of carbonyl (C=O) groups excluding carboxylic acids is 1. The molecule has 1 heterocycles. The number of H-pyrrole nitrogens is 1. The van der Waals surface area contributed by atoms with Gasteiger partial charge in [-0.1, -0.05) is 0 Å². The molecule has 4 N–H and O–H groups in total. The van der Waals surface area contributed by atoms with Crippen LogP contribution in [0.4, 0.5) is 0 Å². The minimum atomic E-state index is -4.38. The molecule has 1 atom stereocenters. The number of carbonyl (C=O) groups is 2. The lowest BCUT2D eigenvalue weighted by atomic mass is 10.3. The van der Waals surface area contributed by atoms with Crippen LogP contribution in [0.25, 0.3) is 0 Å². The van der Waals surface area contributed by atoms with E-state index in [2.05, 4.69) is 14.9 Å². The van der Waals surface area contributed by atoms with Crippen molar-refractivity contribution in [3.63, 3.8) is 0 Å². The van der Waals surface area contributed by atoms with Crippen molar-refractivity contribution >= 4 is 22.0 Å². The van der Waals surface area contributed by atoms with E-state index < -0.39 is 45.2 Å². The second kappa shape index (κ2) is 5.98. The number of aliphatic hydroxyl groups excluding tert-OH is 1. The van der Waals surface area contributed by atoms with E-state index in [4.69, 9.17) is 10.2 Å². The first-order chi connectivity index (χ1) is 9.24. The molecule has 0 spiro atoms. The fraction of sp³-hybridized carbons (Fsp3) is 0.444. The van der Waals surface area contributed by atoms with E-state index in [9.17, 15) is 18.0 Å². The molecule has 11 heteroatoms. The Bertz CT molecular complexity index is 621. The Balaban J connectivity index is 3.21. The number of nitrogens with one attached hydrogen (secondary N) is 2. The first kappa shape index (κ1) is 16.1. The summed E-state index contributed by atoms with van der Waals surface area (Å²) in [5.41, 5.74) is -0.729. The van der Waals surface area contributed by atoms with E-state index >= 15 is 0 Å². The molecule has 0 aliphatic heterocycles. The molecule has 10 nitrogen and oxygen atoms in total. The van der Waals surface area contributed by atoms with Crippen molar-refractivity contribution in [3.05, 3.63) is 11.4 Å². The number of aryl methyl sites for hydroxylation is 1. The fourth-order valence-corrected chi connectivity index (χ4v) is 2.94. The summed E-state index contributed by atoms with van der Waals surface area (Å²) in [6, 6.07) is -1.54. The van der Waals surface area contributed by atoms with Crippen molar-refractivity contribution in [2.45, 2.75) is 17.9 Å². The van der Waals surface area contributed by atoms with Crippen LogP contribution in [0.2, 0.25) is 0 Å². The Morgan fingerprint density at radius 1 is 1.50 bits per heavy atom. The van der Waals surface area contributed by atoms with Gasteiger partial charge < -0.3 is 14.9 Å². The van der Waals surface area contributed by atoms with Gasteiger partial charge in [0.25, 0.3) is 0 Å². The van der Waals surface area contributed by atoms with Crippen LogP contribution in [0.15, 0.2) is 4.90 Å². The molecule has 0 aliphatic rings. The topological polar surface area (TPSA) is 159 Å². The maximum absolute atomic E-state index is 12.1. The highest BCUT2D eigenvalue weighted by Gasteiger charge is 2.32. The number of ether oxygens (including phenoxy) is 1. The monoisotopic (exact) mass is 307 g/mol. The zero-order valence-electron chi connectivity index (χ0n) is 10.6. The molecule has 0 bridgehead atoms. The third kappa shape index (κ3) is 3.12. The summed E-state index contributed by atoms with van der Waals surface area (Å²) in [6.07, 6.45) is 0. The Hall–Kier alpha value is -1.98. The third-order valence-corrected chi connectivity index (χ3v) is 3.96. The number of methoxy groups -OCH3 is 1. The van der Waals surface area contributed by atoms with Crippen molar-refractivity contribution in [3.8, 4) is 0 Å². The van der Waals surface area contributed by atoms with Crippen molar-refractivity contribution in [2.75, 3.05) is 13.7 Å². The van der Waals surface area contributed by atoms with E-state index in [1.54, 1.807) is 0 Å². The van der Waals surface area contributed by atoms with E-state index in [0.29, 0.717) is 0 Å². The summed E-state index contributed by atoms with van der Waals surface area (Å²) in [5, 5.41) is 23.4. The molecule has 0 radical (unpaired) electrons. The number of nitrogens with zero attached hydrogens (tertiary/aromatic N) is 1. The van der Waals surface area contributed by atoms with E-state index in [0.717, 1.165) is 7.11 Å². The van der Waals surface area contributed by atoms with Crippen LogP contribution in [0.5, 0.6) is 0 Å². The minimum absolute atomic E-state index is 0.0172. The maximum Gasteiger partial charge on any atom is 0.357 e. The molecular weight excluding hydrogens is 294 g/mol. The van der Waals surface area contributed by atoms with Crippen LogP contribution in [0.1, 0.15) is 16.2 Å². The summed E-state index contributed by atoms with van der Waals surface area (Å²) < 4.78 is 30.3. The lowest BCUT2D eigenvalue weighted by Crippen LogP contribution is -2.44. The molecular formula is C9H13N3O7S. The van der Waals surface area contributed by atoms with Gasteiger partial charge in [-0.05, 0) is 6.92 Å². The number of aromatic nitrogens is 2. The zero-order valence-corrected chi connectivity index (χ0v) is 11.4. The second-order valence-electron chi connectivity index (χ2n) is 3.71. The van der Waals surface area contributed by atoms with Gasteiger partial charge in [0.15, 0.2) is 5.69 Å². The van der Waals surface area contributed by atoms with Crippen LogP contribution in [-0.2, 0) is 19.6 Å². The second-order valence-corrected chi connectivity index (χ2v) is 5.36. The Kier molecular flexibility index (Phi) is 4.81. The molecule has 1 aromatic rings. The maximum atomic E-state index is 12.1. The molecule has 0 aromatic carbocycles. The molecule has 0 amide bonds. The number of esters is 1. The third-order valence-electron chi connectivity index (χ3n) is 2.33. The van der Waals surface area contributed by atoms with Crippen LogP contribution in [0.3, 0.4) is 0 Å². The molecule has 20 heavy (non-hydrogen) atoms. The molecule has 1 rings (SSSR count). The predicted molar refractivity (Wildman–Crippen MR) is 63.5 cm³/mol. The molecule has 0 saturated heterocycles. The molecule has 0 aliphatic carbocycles. The normalized spacial score (nSPS) is 12.9. The van der Waals surface area contributed by atoms with E-state index in [1.165, 1.54) is 6.92 Å². The number of rotatable bonds is 6. The van der Waals surface area contributed by atoms with Crippen LogP contribution in [-0.4, -0.2) is 60.5 Å². The summed E-state index contributed by atoms with van der Waals surface area (Å²) in [5.74, 6) is -2.55. The number of carboxylic acids is 1. The van der Waals surface area contributed by atoms with Gasteiger partial charge in [-0.2, -0.15) is 9.82 Å². The highest BCUT2D eigenvalue weighted by molar-refractivity contribution is 7.89. The number of hydrogen-bond acceptors (Lipinski definition) is 7.